The molecule has 3 nitrogen and oxygen atoms in total. The fraction of sp³-hybridized carbons (Fsp3) is 0.533. The minimum Gasteiger partial charge on any atom is -0.319 e. The number of aromatic nitrogens is 2. The second-order valence-corrected chi connectivity index (χ2v) is 5.79. The maximum Gasteiger partial charge on any atom is 0.449 e. The van der Waals surface area contributed by atoms with Gasteiger partial charge in [-0.3, -0.25) is 0 Å². The summed E-state index contributed by atoms with van der Waals surface area (Å²) in [5.41, 5.74) is 1.94. The van der Waals surface area contributed by atoms with E-state index in [-0.39, 0.29) is 12.5 Å². The minimum absolute atomic E-state index is 0.260. The van der Waals surface area contributed by atoms with Crippen molar-refractivity contribution < 1.29 is 13.2 Å². The van der Waals surface area contributed by atoms with Gasteiger partial charge in [-0.25, -0.2) is 4.98 Å². The van der Waals surface area contributed by atoms with Gasteiger partial charge in [0.25, 0.3) is 0 Å². The molecule has 0 amide bonds. The molecule has 1 aromatic heterocycles. The van der Waals surface area contributed by atoms with E-state index in [1.54, 1.807) is 12.1 Å². The third-order valence-corrected chi connectivity index (χ3v) is 3.46. The first-order valence-electron chi connectivity index (χ1n) is 6.92. The van der Waals surface area contributed by atoms with Crippen LogP contribution in [0, 0.1) is 0 Å². The Morgan fingerprint density at radius 3 is 2.43 bits per heavy atom. The van der Waals surface area contributed by atoms with Gasteiger partial charge in [-0.1, -0.05) is 19.9 Å². The largest absolute Gasteiger partial charge is 0.449 e. The van der Waals surface area contributed by atoms with Crippen LogP contribution in [0.5, 0.6) is 0 Å². The molecule has 0 fully saturated rings. The molecule has 21 heavy (non-hydrogen) atoms. The highest BCUT2D eigenvalue weighted by molar-refractivity contribution is 5.77. The highest BCUT2D eigenvalue weighted by Crippen LogP contribution is 2.32. The SMILES string of the molecule is CC(C)c1ccc2c(c1)nc(C(F)(F)F)n2CCN(C)C. The van der Waals surface area contributed by atoms with E-state index in [1.165, 1.54) is 4.57 Å². The molecule has 6 heteroatoms. The Kier molecular flexibility index (Phi) is 4.27. The molecule has 0 saturated carbocycles. The van der Waals surface area contributed by atoms with Crippen molar-refractivity contribution in [2.24, 2.45) is 0 Å². The van der Waals surface area contributed by atoms with Crippen molar-refractivity contribution in [3.63, 3.8) is 0 Å². The molecular formula is C15H20F3N3. The molecule has 2 aromatic rings. The van der Waals surface area contributed by atoms with Gasteiger partial charge in [0.05, 0.1) is 11.0 Å². The maximum absolute atomic E-state index is 13.2. The van der Waals surface area contributed by atoms with Crippen LogP contribution >= 0.6 is 0 Å². The lowest BCUT2D eigenvalue weighted by molar-refractivity contribution is -0.147. The van der Waals surface area contributed by atoms with E-state index in [2.05, 4.69) is 4.98 Å². The van der Waals surface area contributed by atoms with Crippen LogP contribution in [0.1, 0.15) is 31.2 Å². The molecule has 0 aliphatic carbocycles. The van der Waals surface area contributed by atoms with Crippen molar-refractivity contribution in [3.05, 3.63) is 29.6 Å². The summed E-state index contributed by atoms with van der Waals surface area (Å²) in [6.45, 7) is 4.81. The summed E-state index contributed by atoms with van der Waals surface area (Å²) in [7, 11) is 3.67. The van der Waals surface area contributed by atoms with E-state index in [4.69, 9.17) is 0 Å². The van der Waals surface area contributed by atoms with Crippen molar-refractivity contribution >= 4 is 11.0 Å². The molecule has 2 rings (SSSR count). The summed E-state index contributed by atoms with van der Waals surface area (Å²) < 4.78 is 40.8. The first-order valence-corrected chi connectivity index (χ1v) is 6.92. The fourth-order valence-electron chi connectivity index (χ4n) is 2.25. The average Bonchev–Trinajstić information content (AvgIpc) is 2.73. The Labute approximate surface area is 122 Å². The molecular weight excluding hydrogens is 279 g/mol. The highest BCUT2D eigenvalue weighted by atomic mass is 19.4. The van der Waals surface area contributed by atoms with Gasteiger partial charge < -0.3 is 9.47 Å². The zero-order valence-corrected chi connectivity index (χ0v) is 12.7. The van der Waals surface area contributed by atoms with E-state index in [0.29, 0.717) is 17.6 Å². The number of nitrogens with zero attached hydrogens (tertiary/aromatic N) is 3. The lowest BCUT2D eigenvalue weighted by atomic mass is 10.0. The van der Waals surface area contributed by atoms with Crippen LogP contribution in [-0.2, 0) is 12.7 Å². The number of imidazole rings is 1. The molecule has 0 saturated heterocycles. The molecule has 0 radical (unpaired) electrons. The van der Waals surface area contributed by atoms with Gasteiger partial charge in [-0.2, -0.15) is 13.2 Å². The maximum atomic E-state index is 13.2. The van der Waals surface area contributed by atoms with E-state index in [1.807, 2.05) is 38.9 Å². The summed E-state index contributed by atoms with van der Waals surface area (Å²) in [6.07, 6.45) is -4.44. The topological polar surface area (TPSA) is 21.1 Å². The third kappa shape index (κ3) is 3.37. The van der Waals surface area contributed by atoms with Gasteiger partial charge in [-0.05, 0) is 37.7 Å². The summed E-state index contributed by atoms with van der Waals surface area (Å²) >= 11 is 0. The number of alkyl halides is 3. The van der Waals surface area contributed by atoms with Gasteiger partial charge in [0.1, 0.15) is 0 Å². The molecule has 1 aromatic carbocycles. The van der Waals surface area contributed by atoms with Crippen LogP contribution in [0.2, 0.25) is 0 Å². The molecule has 1 heterocycles. The number of benzene rings is 1. The predicted molar refractivity (Wildman–Crippen MR) is 77.4 cm³/mol. The second-order valence-electron chi connectivity index (χ2n) is 5.79. The molecule has 0 unspecified atom stereocenters. The Hall–Kier alpha value is -1.56. The lowest BCUT2D eigenvalue weighted by Crippen LogP contribution is -2.22. The van der Waals surface area contributed by atoms with Crippen molar-refractivity contribution in [2.75, 3.05) is 20.6 Å². The van der Waals surface area contributed by atoms with Crippen LogP contribution in [0.25, 0.3) is 11.0 Å². The van der Waals surface area contributed by atoms with Gasteiger partial charge in [0.15, 0.2) is 0 Å². The van der Waals surface area contributed by atoms with Crippen LogP contribution in [0.15, 0.2) is 18.2 Å². The van der Waals surface area contributed by atoms with Crippen molar-refractivity contribution in [1.29, 1.82) is 0 Å². The lowest BCUT2D eigenvalue weighted by Gasteiger charge is -2.14. The van der Waals surface area contributed by atoms with Gasteiger partial charge in [0, 0.05) is 13.1 Å². The predicted octanol–water partition coefficient (Wildman–Crippen LogP) is 3.74. The number of halogens is 3. The van der Waals surface area contributed by atoms with Crippen molar-refractivity contribution in [3.8, 4) is 0 Å². The molecule has 0 aliphatic heterocycles. The van der Waals surface area contributed by atoms with Crippen molar-refractivity contribution in [1.82, 2.24) is 14.5 Å². The molecule has 0 aliphatic rings. The monoisotopic (exact) mass is 299 g/mol. The number of hydrogen-bond acceptors (Lipinski definition) is 2. The standard InChI is InChI=1S/C15H20F3N3/c1-10(2)11-5-6-13-12(9-11)19-14(15(16,17)18)21(13)8-7-20(3)4/h5-6,9-10H,7-8H2,1-4H3. The summed E-state index contributed by atoms with van der Waals surface area (Å²) in [6, 6.07) is 5.37. The number of rotatable bonds is 4. The minimum atomic E-state index is -4.44. The second kappa shape index (κ2) is 5.67. The van der Waals surface area contributed by atoms with Crippen LogP contribution in [0.3, 0.4) is 0 Å². The van der Waals surface area contributed by atoms with Crippen molar-refractivity contribution in [2.45, 2.75) is 32.5 Å². The normalized spacial score (nSPS) is 12.8. The Bertz CT molecular complexity index is 627. The first-order chi connectivity index (χ1) is 9.70. The van der Waals surface area contributed by atoms with Crippen LogP contribution in [0.4, 0.5) is 13.2 Å². The Morgan fingerprint density at radius 2 is 1.90 bits per heavy atom. The van der Waals surface area contributed by atoms with E-state index < -0.39 is 12.0 Å². The molecule has 116 valence electrons. The summed E-state index contributed by atoms with van der Waals surface area (Å²) in [5, 5.41) is 0. The van der Waals surface area contributed by atoms with Crippen LogP contribution in [-0.4, -0.2) is 35.1 Å². The average molecular weight is 299 g/mol. The van der Waals surface area contributed by atoms with Gasteiger partial charge in [-0.15, -0.1) is 0 Å². The highest BCUT2D eigenvalue weighted by Gasteiger charge is 2.37. The number of hydrogen-bond donors (Lipinski definition) is 0. The van der Waals surface area contributed by atoms with E-state index in [9.17, 15) is 13.2 Å². The first kappa shape index (κ1) is 15.8. The third-order valence-electron chi connectivity index (χ3n) is 3.46. The van der Waals surface area contributed by atoms with Gasteiger partial charge >= 0.3 is 6.18 Å². The molecule has 0 atom stereocenters. The summed E-state index contributed by atoms with van der Waals surface area (Å²) in [5.74, 6) is -0.559. The van der Waals surface area contributed by atoms with Gasteiger partial charge in [0.2, 0.25) is 5.82 Å². The smallest absolute Gasteiger partial charge is 0.319 e. The summed E-state index contributed by atoms with van der Waals surface area (Å²) in [4.78, 5) is 5.68. The molecule has 0 bridgehead atoms. The Balaban J connectivity index is 2.55. The Morgan fingerprint density at radius 1 is 1.24 bits per heavy atom. The quantitative estimate of drug-likeness (QED) is 0.857. The molecule has 0 spiro atoms. The van der Waals surface area contributed by atoms with E-state index >= 15 is 0 Å². The fourth-order valence-corrected chi connectivity index (χ4v) is 2.25. The number of likely N-dealkylation sites (N-methyl/N-ethyl adjacent to an activating group) is 1. The number of fused-ring (bicyclic) bond motifs is 1. The zero-order valence-electron chi connectivity index (χ0n) is 12.7. The molecule has 0 N–H and O–H groups in total. The van der Waals surface area contributed by atoms with Crippen LogP contribution < -0.4 is 0 Å². The zero-order chi connectivity index (χ0) is 15.8. The van der Waals surface area contributed by atoms with E-state index in [0.717, 1.165) is 5.56 Å².